The molecule has 2 atom stereocenters. The Bertz CT molecular complexity index is 679. The van der Waals surface area contributed by atoms with Crippen LogP contribution in [0.2, 0.25) is 5.02 Å². The predicted molar refractivity (Wildman–Crippen MR) is 97.3 cm³/mol. The molecular formula is C18H19ClN2O3S. The van der Waals surface area contributed by atoms with Gasteiger partial charge in [0.1, 0.15) is 6.54 Å². The Kier molecular flexibility index (Phi) is 5.81. The highest BCUT2D eigenvalue weighted by Crippen LogP contribution is 2.34. The van der Waals surface area contributed by atoms with Gasteiger partial charge in [0.05, 0.1) is 11.8 Å². The molecule has 3 rings (SSSR count). The summed E-state index contributed by atoms with van der Waals surface area (Å²) >= 11 is 7.44. The average Bonchev–Trinajstić information content (AvgIpc) is 2.86. The number of carbonyl (C=O) groups is 3. The normalized spacial score (nSPS) is 22.2. The van der Waals surface area contributed by atoms with Crippen molar-refractivity contribution in [2.45, 2.75) is 17.7 Å². The molecule has 1 aromatic carbocycles. The maximum absolute atomic E-state index is 12.3. The van der Waals surface area contributed by atoms with E-state index in [4.69, 9.17) is 11.6 Å². The lowest BCUT2D eigenvalue weighted by Crippen LogP contribution is -2.41. The van der Waals surface area contributed by atoms with Crippen LogP contribution in [0.4, 0.5) is 0 Å². The molecule has 0 radical (unpaired) electrons. The molecule has 0 unspecified atom stereocenters. The fourth-order valence-electron chi connectivity index (χ4n) is 3.11. The van der Waals surface area contributed by atoms with Crippen LogP contribution in [0.15, 0.2) is 41.3 Å². The van der Waals surface area contributed by atoms with E-state index >= 15 is 0 Å². The maximum atomic E-state index is 12.3. The third-order valence-corrected chi connectivity index (χ3v) is 5.67. The van der Waals surface area contributed by atoms with Crippen molar-refractivity contribution >= 4 is 41.1 Å². The second kappa shape index (κ2) is 8.06. The van der Waals surface area contributed by atoms with Crippen LogP contribution in [-0.2, 0) is 14.4 Å². The SMILES string of the molecule is O=C(CN1C(=O)[C@H]2CC=CC[C@H]2C1=O)NCCSc1ccc(Cl)cc1. The number of amides is 3. The molecule has 1 aliphatic heterocycles. The van der Waals surface area contributed by atoms with E-state index in [1.807, 2.05) is 36.4 Å². The van der Waals surface area contributed by atoms with Gasteiger partial charge in [-0.3, -0.25) is 19.3 Å². The van der Waals surface area contributed by atoms with Gasteiger partial charge in [0, 0.05) is 22.2 Å². The van der Waals surface area contributed by atoms with Gasteiger partial charge >= 0.3 is 0 Å². The second-order valence-corrected chi connectivity index (χ2v) is 7.68. The third kappa shape index (κ3) is 4.25. The van der Waals surface area contributed by atoms with E-state index < -0.39 is 0 Å². The van der Waals surface area contributed by atoms with Crippen LogP contribution < -0.4 is 5.32 Å². The highest BCUT2D eigenvalue weighted by molar-refractivity contribution is 7.99. The summed E-state index contributed by atoms with van der Waals surface area (Å²) in [4.78, 5) is 38.8. The van der Waals surface area contributed by atoms with Crippen LogP contribution in [0.25, 0.3) is 0 Å². The molecule has 0 bridgehead atoms. The van der Waals surface area contributed by atoms with Gasteiger partial charge in [-0.15, -0.1) is 11.8 Å². The number of rotatable bonds is 6. The van der Waals surface area contributed by atoms with E-state index in [0.29, 0.717) is 30.2 Å². The number of hydrogen-bond donors (Lipinski definition) is 1. The Balaban J connectivity index is 1.42. The predicted octanol–water partition coefficient (Wildman–Crippen LogP) is 2.50. The number of likely N-dealkylation sites (tertiary alicyclic amines) is 1. The zero-order chi connectivity index (χ0) is 17.8. The van der Waals surface area contributed by atoms with Crippen molar-refractivity contribution in [3.63, 3.8) is 0 Å². The molecule has 1 heterocycles. The van der Waals surface area contributed by atoms with Gasteiger partial charge in [0.15, 0.2) is 0 Å². The molecule has 1 fully saturated rings. The molecule has 5 nitrogen and oxygen atoms in total. The van der Waals surface area contributed by atoms with E-state index in [-0.39, 0.29) is 36.1 Å². The Morgan fingerprint density at radius 3 is 2.32 bits per heavy atom. The van der Waals surface area contributed by atoms with Gasteiger partial charge < -0.3 is 5.32 Å². The number of carbonyl (C=O) groups excluding carboxylic acids is 3. The fraction of sp³-hybridized carbons (Fsp3) is 0.389. The zero-order valence-corrected chi connectivity index (χ0v) is 15.2. The molecule has 1 N–H and O–H groups in total. The van der Waals surface area contributed by atoms with E-state index in [9.17, 15) is 14.4 Å². The number of fused-ring (bicyclic) bond motifs is 1. The van der Waals surface area contributed by atoms with Crippen LogP contribution in [-0.4, -0.2) is 41.5 Å². The molecule has 0 aromatic heterocycles. The largest absolute Gasteiger partial charge is 0.354 e. The summed E-state index contributed by atoms with van der Waals surface area (Å²) in [6.07, 6.45) is 5.05. The minimum atomic E-state index is -0.301. The number of allylic oxidation sites excluding steroid dienone is 2. The Labute approximate surface area is 155 Å². The first kappa shape index (κ1) is 18.0. The second-order valence-electron chi connectivity index (χ2n) is 6.07. The van der Waals surface area contributed by atoms with Crippen molar-refractivity contribution in [2.24, 2.45) is 11.8 Å². The Morgan fingerprint density at radius 1 is 1.12 bits per heavy atom. The number of benzene rings is 1. The van der Waals surface area contributed by atoms with Crippen molar-refractivity contribution in [1.29, 1.82) is 0 Å². The van der Waals surface area contributed by atoms with Gasteiger partial charge in [-0.05, 0) is 37.1 Å². The van der Waals surface area contributed by atoms with Crippen LogP contribution >= 0.6 is 23.4 Å². The van der Waals surface area contributed by atoms with Crippen LogP contribution in [0, 0.1) is 11.8 Å². The molecule has 1 saturated heterocycles. The fourth-order valence-corrected chi connectivity index (χ4v) is 4.01. The van der Waals surface area contributed by atoms with Gasteiger partial charge in [0.2, 0.25) is 17.7 Å². The lowest BCUT2D eigenvalue weighted by molar-refractivity contribution is -0.143. The topological polar surface area (TPSA) is 66.5 Å². The molecule has 1 aliphatic carbocycles. The first-order chi connectivity index (χ1) is 12.1. The summed E-state index contributed by atoms with van der Waals surface area (Å²) in [5, 5.41) is 3.45. The van der Waals surface area contributed by atoms with E-state index in [1.54, 1.807) is 11.8 Å². The van der Waals surface area contributed by atoms with Crippen molar-refractivity contribution in [3.05, 3.63) is 41.4 Å². The molecule has 7 heteroatoms. The van der Waals surface area contributed by atoms with Gasteiger partial charge in [-0.2, -0.15) is 0 Å². The van der Waals surface area contributed by atoms with Gasteiger partial charge in [-0.25, -0.2) is 0 Å². The number of imide groups is 1. The van der Waals surface area contributed by atoms with Crippen molar-refractivity contribution in [1.82, 2.24) is 10.2 Å². The molecule has 1 aromatic rings. The lowest BCUT2D eigenvalue weighted by atomic mass is 9.85. The highest BCUT2D eigenvalue weighted by atomic mass is 35.5. The summed E-state index contributed by atoms with van der Waals surface area (Å²) in [5.74, 6) is -0.610. The number of nitrogens with zero attached hydrogens (tertiary/aromatic N) is 1. The molecular weight excluding hydrogens is 360 g/mol. The average molecular weight is 379 g/mol. The maximum Gasteiger partial charge on any atom is 0.240 e. The lowest BCUT2D eigenvalue weighted by Gasteiger charge is -2.14. The Morgan fingerprint density at radius 2 is 1.72 bits per heavy atom. The van der Waals surface area contributed by atoms with Gasteiger partial charge in [0.25, 0.3) is 0 Å². The molecule has 0 saturated carbocycles. The molecule has 3 amide bonds. The number of thioether (sulfide) groups is 1. The van der Waals surface area contributed by atoms with Crippen LogP contribution in [0.1, 0.15) is 12.8 Å². The standard InChI is InChI=1S/C18H19ClN2O3S/c19-12-5-7-13(8-6-12)25-10-9-20-16(22)11-21-17(23)14-3-1-2-4-15(14)18(21)24/h1-2,5-8,14-15H,3-4,9-11H2,(H,20,22)/t14-,15+. The van der Waals surface area contributed by atoms with E-state index in [0.717, 1.165) is 9.80 Å². The van der Waals surface area contributed by atoms with E-state index in [1.165, 1.54) is 0 Å². The summed E-state index contributed by atoms with van der Waals surface area (Å²) in [7, 11) is 0. The van der Waals surface area contributed by atoms with Crippen LogP contribution in [0.5, 0.6) is 0 Å². The van der Waals surface area contributed by atoms with Crippen molar-refractivity contribution < 1.29 is 14.4 Å². The number of nitrogens with one attached hydrogen (secondary N) is 1. The molecule has 25 heavy (non-hydrogen) atoms. The minimum absolute atomic E-state index is 0.184. The van der Waals surface area contributed by atoms with Crippen LogP contribution in [0.3, 0.4) is 0 Å². The third-order valence-electron chi connectivity index (χ3n) is 4.41. The summed E-state index contributed by atoms with van der Waals surface area (Å²) < 4.78 is 0. The van der Waals surface area contributed by atoms with Gasteiger partial charge in [-0.1, -0.05) is 23.8 Å². The Hall–Kier alpha value is -1.79. The highest BCUT2D eigenvalue weighted by Gasteiger charge is 2.47. The first-order valence-electron chi connectivity index (χ1n) is 8.21. The summed E-state index contributed by atoms with van der Waals surface area (Å²) in [6.45, 7) is 0.285. The monoisotopic (exact) mass is 378 g/mol. The van der Waals surface area contributed by atoms with Crippen molar-refractivity contribution in [3.8, 4) is 0 Å². The smallest absolute Gasteiger partial charge is 0.240 e. The quantitative estimate of drug-likeness (QED) is 0.357. The molecule has 2 aliphatic rings. The summed E-state index contributed by atoms with van der Waals surface area (Å²) in [5.41, 5.74) is 0. The van der Waals surface area contributed by atoms with Crippen molar-refractivity contribution in [2.75, 3.05) is 18.8 Å². The minimum Gasteiger partial charge on any atom is -0.354 e. The zero-order valence-electron chi connectivity index (χ0n) is 13.6. The molecule has 132 valence electrons. The van der Waals surface area contributed by atoms with E-state index in [2.05, 4.69) is 5.32 Å². The molecule has 0 spiro atoms. The first-order valence-corrected chi connectivity index (χ1v) is 9.58. The summed E-state index contributed by atoms with van der Waals surface area (Å²) in [6, 6.07) is 7.49. The number of hydrogen-bond acceptors (Lipinski definition) is 4. The number of halogens is 1.